The fourth-order valence-electron chi connectivity index (χ4n) is 2.31. The molecule has 24 heavy (non-hydrogen) atoms. The third-order valence-electron chi connectivity index (χ3n) is 3.64. The molecule has 2 heterocycles. The van der Waals surface area contributed by atoms with Gasteiger partial charge < -0.3 is 0 Å². The van der Waals surface area contributed by atoms with Crippen molar-refractivity contribution in [2.45, 2.75) is 6.92 Å². The van der Waals surface area contributed by atoms with E-state index in [1.165, 1.54) is 17.6 Å². The number of aromatic nitrogens is 5. The predicted octanol–water partition coefficient (Wildman–Crippen LogP) is 1.37. The summed E-state index contributed by atoms with van der Waals surface area (Å²) in [5.74, 6) is 1.32. The molecule has 126 valence electrons. The molecule has 1 aromatic carbocycles. The number of sulfonamides is 1. The van der Waals surface area contributed by atoms with Crippen LogP contribution >= 0.6 is 0 Å². The van der Waals surface area contributed by atoms with E-state index in [1.807, 2.05) is 32.3 Å². The Morgan fingerprint density at radius 3 is 2.38 bits per heavy atom. The highest BCUT2D eigenvalue weighted by Gasteiger charge is 2.15. The lowest BCUT2D eigenvalue weighted by Gasteiger charge is -2.16. The van der Waals surface area contributed by atoms with Crippen molar-refractivity contribution >= 4 is 15.7 Å². The summed E-state index contributed by atoms with van der Waals surface area (Å²) in [7, 11) is 0.0680. The first-order valence-electron chi connectivity index (χ1n) is 7.23. The monoisotopic (exact) mass is 346 g/mol. The van der Waals surface area contributed by atoms with Gasteiger partial charge >= 0.3 is 0 Å². The van der Waals surface area contributed by atoms with Crippen LogP contribution in [0.4, 0.5) is 5.69 Å². The van der Waals surface area contributed by atoms with Crippen molar-refractivity contribution in [1.82, 2.24) is 24.5 Å². The van der Waals surface area contributed by atoms with Crippen molar-refractivity contribution in [3.8, 4) is 17.1 Å². The summed E-state index contributed by atoms with van der Waals surface area (Å²) < 4.78 is 27.9. The van der Waals surface area contributed by atoms with E-state index in [2.05, 4.69) is 15.2 Å². The molecule has 3 rings (SSSR count). The summed E-state index contributed by atoms with van der Waals surface area (Å²) in [6, 6.07) is 7.14. The summed E-state index contributed by atoms with van der Waals surface area (Å²) in [5, 5.41) is 8.57. The van der Waals surface area contributed by atoms with Crippen LogP contribution < -0.4 is 4.31 Å². The second-order valence-electron chi connectivity index (χ2n) is 5.54. The summed E-state index contributed by atoms with van der Waals surface area (Å²) in [5.41, 5.74) is 2.24. The van der Waals surface area contributed by atoms with Gasteiger partial charge in [0.2, 0.25) is 10.0 Å². The second kappa shape index (κ2) is 5.75. The van der Waals surface area contributed by atoms with E-state index in [1.54, 1.807) is 27.7 Å². The third-order valence-corrected chi connectivity index (χ3v) is 4.84. The van der Waals surface area contributed by atoms with Gasteiger partial charge in [-0.15, -0.1) is 0 Å². The summed E-state index contributed by atoms with van der Waals surface area (Å²) in [4.78, 5) is 4.47. The highest BCUT2D eigenvalue weighted by Crippen LogP contribution is 2.24. The topological polar surface area (TPSA) is 85.9 Å². The Morgan fingerprint density at radius 2 is 1.83 bits per heavy atom. The summed E-state index contributed by atoms with van der Waals surface area (Å²) in [6.07, 6.45) is 4.73. The molecule has 0 atom stereocenters. The summed E-state index contributed by atoms with van der Waals surface area (Å²) in [6.45, 7) is 1.82. The number of hydrogen-bond donors (Lipinski definition) is 0. The largest absolute Gasteiger partial charge is 0.274 e. The number of anilines is 1. The standard InChI is InChI=1S/C15H18N6O2S/c1-11-17-15(21(18-11)14-9-16-19(2)10-14)12-5-7-13(8-6-12)20(3)24(4,22)23/h5-10H,1-4H3. The maximum absolute atomic E-state index is 11.6. The van der Waals surface area contributed by atoms with Crippen LogP contribution in [0.1, 0.15) is 5.82 Å². The SMILES string of the molecule is Cc1nc(-c2ccc(N(C)S(C)(=O)=O)cc2)n(-c2cnn(C)c2)n1. The van der Waals surface area contributed by atoms with Crippen LogP contribution in [0.3, 0.4) is 0 Å². The van der Waals surface area contributed by atoms with Crippen LogP contribution in [-0.4, -0.2) is 46.3 Å². The fourth-order valence-corrected chi connectivity index (χ4v) is 2.82. The number of nitrogens with zero attached hydrogens (tertiary/aromatic N) is 6. The van der Waals surface area contributed by atoms with Crippen LogP contribution in [0.25, 0.3) is 17.1 Å². The first kappa shape index (κ1) is 16.2. The number of hydrogen-bond acceptors (Lipinski definition) is 5. The van der Waals surface area contributed by atoms with Gasteiger partial charge in [0, 0.05) is 19.7 Å². The van der Waals surface area contributed by atoms with E-state index in [0.717, 1.165) is 11.3 Å². The van der Waals surface area contributed by atoms with Crippen LogP contribution in [0.15, 0.2) is 36.7 Å². The molecule has 0 amide bonds. The quantitative estimate of drug-likeness (QED) is 0.712. The van der Waals surface area contributed by atoms with Crippen LogP contribution in [0.5, 0.6) is 0 Å². The van der Waals surface area contributed by atoms with Crippen molar-refractivity contribution in [2.75, 3.05) is 17.6 Å². The maximum atomic E-state index is 11.6. The molecule has 0 aliphatic rings. The lowest BCUT2D eigenvalue weighted by molar-refractivity contribution is 0.600. The van der Waals surface area contributed by atoms with E-state index in [4.69, 9.17) is 0 Å². The molecule has 0 aliphatic heterocycles. The van der Waals surface area contributed by atoms with Gasteiger partial charge in [-0.1, -0.05) is 0 Å². The van der Waals surface area contributed by atoms with Gasteiger partial charge in [-0.25, -0.2) is 18.1 Å². The second-order valence-corrected chi connectivity index (χ2v) is 7.56. The fraction of sp³-hybridized carbons (Fsp3) is 0.267. The molecule has 0 N–H and O–H groups in total. The van der Waals surface area contributed by atoms with Crippen LogP contribution in [-0.2, 0) is 17.1 Å². The molecule has 0 radical (unpaired) electrons. The molecule has 8 nitrogen and oxygen atoms in total. The average Bonchev–Trinajstić information content (AvgIpc) is 3.11. The van der Waals surface area contributed by atoms with Crippen LogP contribution in [0.2, 0.25) is 0 Å². The summed E-state index contributed by atoms with van der Waals surface area (Å²) >= 11 is 0. The van der Waals surface area contributed by atoms with E-state index in [-0.39, 0.29) is 0 Å². The first-order valence-corrected chi connectivity index (χ1v) is 9.07. The molecule has 2 aromatic heterocycles. The highest BCUT2D eigenvalue weighted by molar-refractivity contribution is 7.92. The number of aryl methyl sites for hydroxylation is 2. The third kappa shape index (κ3) is 3.02. The first-order chi connectivity index (χ1) is 11.3. The van der Waals surface area contributed by atoms with Crippen LogP contribution in [0, 0.1) is 6.92 Å². The minimum Gasteiger partial charge on any atom is -0.274 e. The zero-order valence-corrected chi connectivity index (χ0v) is 14.7. The normalized spacial score (nSPS) is 11.7. The lowest BCUT2D eigenvalue weighted by Crippen LogP contribution is -2.24. The highest BCUT2D eigenvalue weighted by atomic mass is 32.2. The Balaban J connectivity index is 2.01. The maximum Gasteiger partial charge on any atom is 0.231 e. The van der Waals surface area contributed by atoms with E-state index < -0.39 is 10.0 Å². The van der Waals surface area contributed by atoms with Crippen molar-refractivity contribution in [2.24, 2.45) is 7.05 Å². The molecule has 0 aliphatic carbocycles. The van der Waals surface area contributed by atoms with Gasteiger partial charge in [0.1, 0.15) is 11.5 Å². The van der Waals surface area contributed by atoms with Gasteiger partial charge in [-0.2, -0.15) is 10.2 Å². The molecule has 0 saturated carbocycles. The van der Waals surface area contributed by atoms with Crippen molar-refractivity contribution in [3.05, 3.63) is 42.5 Å². The van der Waals surface area contributed by atoms with E-state index >= 15 is 0 Å². The van der Waals surface area contributed by atoms with Gasteiger partial charge in [0.25, 0.3) is 0 Å². The molecule has 9 heteroatoms. The van der Waals surface area contributed by atoms with Gasteiger partial charge in [-0.3, -0.25) is 8.99 Å². The van der Waals surface area contributed by atoms with Crippen molar-refractivity contribution in [1.29, 1.82) is 0 Å². The van der Waals surface area contributed by atoms with Crippen molar-refractivity contribution in [3.63, 3.8) is 0 Å². The predicted molar refractivity (Wildman–Crippen MR) is 91.5 cm³/mol. The zero-order chi connectivity index (χ0) is 17.5. The molecular formula is C15H18N6O2S. The van der Waals surface area contributed by atoms with Gasteiger partial charge in [0.05, 0.1) is 24.3 Å². The molecule has 0 spiro atoms. The van der Waals surface area contributed by atoms with E-state index in [0.29, 0.717) is 17.3 Å². The lowest BCUT2D eigenvalue weighted by atomic mass is 10.2. The molecule has 0 unspecified atom stereocenters. The minimum absolute atomic E-state index is 0.588. The molecular weight excluding hydrogens is 328 g/mol. The smallest absolute Gasteiger partial charge is 0.231 e. The zero-order valence-electron chi connectivity index (χ0n) is 13.9. The Kier molecular flexibility index (Phi) is 3.88. The van der Waals surface area contributed by atoms with Gasteiger partial charge in [-0.05, 0) is 31.2 Å². The molecule has 0 saturated heterocycles. The Hall–Kier alpha value is -2.68. The van der Waals surface area contributed by atoms with E-state index in [9.17, 15) is 8.42 Å². The Labute approximate surface area is 140 Å². The number of rotatable bonds is 4. The average molecular weight is 346 g/mol. The molecule has 0 fully saturated rings. The van der Waals surface area contributed by atoms with Crippen molar-refractivity contribution < 1.29 is 8.42 Å². The number of benzene rings is 1. The Morgan fingerprint density at radius 1 is 1.17 bits per heavy atom. The van der Waals surface area contributed by atoms with Gasteiger partial charge in [0.15, 0.2) is 5.82 Å². The Bertz CT molecular complexity index is 972. The molecule has 3 aromatic rings. The molecule has 0 bridgehead atoms. The minimum atomic E-state index is -3.29.